The molecule has 0 saturated heterocycles. The van der Waals surface area contributed by atoms with Crippen molar-refractivity contribution in [2.45, 2.75) is 13.3 Å². The van der Waals surface area contributed by atoms with Crippen molar-refractivity contribution in [1.82, 2.24) is 0 Å². The van der Waals surface area contributed by atoms with Crippen LogP contribution in [0, 0.1) is 0 Å². The van der Waals surface area contributed by atoms with Crippen LogP contribution >= 0.6 is 0 Å². The van der Waals surface area contributed by atoms with Crippen LogP contribution in [-0.2, 0) is 0 Å². The Hall–Kier alpha value is -2.30. The molecule has 0 spiro atoms. The van der Waals surface area contributed by atoms with Crippen LogP contribution in [0.2, 0.25) is 0 Å². The highest BCUT2D eigenvalue weighted by Gasteiger charge is 2.09. The minimum Gasteiger partial charge on any atom is -0.493 e. The number of ether oxygens (including phenoxy) is 1. The maximum atomic E-state index is 11.7. The van der Waals surface area contributed by atoms with Crippen molar-refractivity contribution < 1.29 is 13.9 Å². The van der Waals surface area contributed by atoms with Crippen molar-refractivity contribution in [2.24, 2.45) is 5.73 Å². The summed E-state index contributed by atoms with van der Waals surface area (Å²) in [5.41, 5.74) is 5.09. The van der Waals surface area contributed by atoms with Gasteiger partial charge in [0.2, 0.25) is 0 Å². The SMILES string of the molecule is CCCOc1ccc2c(=O)cc(C(N)=O)oc2c1. The molecule has 18 heavy (non-hydrogen) atoms. The van der Waals surface area contributed by atoms with E-state index in [2.05, 4.69) is 0 Å². The Morgan fingerprint density at radius 3 is 2.83 bits per heavy atom. The van der Waals surface area contributed by atoms with E-state index in [1.807, 2.05) is 6.92 Å². The minimum absolute atomic E-state index is 0.153. The highest BCUT2D eigenvalue weighted by molar-refractivity contribution is 5.91. The highest BCUT2D eigenvalue weighted by atomic mass is 16.5. The summed E-state index contributed by atoms with van der Waals surface area (Å²) in [6.45, 7) is 2.57. The molecule has 0 fully saturated rings. The predicted octanol–water partition coefficient (Wildman–Crippen LogP) is 1.68. The second-order valence-electron chi connectivity index (χ2n) is 3.85. The fourth-order valence-electron chi connectivity index (χ4n) is 1.57. The minimum atomic E-state index is -0.770. The summed E-state index contributed by atoms with van der Waals surface area (Å²) in [4.78, 5) is 22.7. The smallest absolute Gasteiger partial charge is 0.284 e. The van der Waals surface area contributed by atoms with Gasteiger partial charge in [-0.15, -0.1) is 0 Å². The first-order chi connectivity index (χ1) is 8.61. The largest absolute Gasteiger partial charge is 0.493 e. The third-order valence-corrected chi connectivity index (χ3v) is 2.42. The number of amides is 1. The highest BCUT2D eigenvalue weighted by Crippen LogP contribution is 2.19. The average Bonchev–Trinajstić information content (AvgIpc) is 2.35. The molecule has 0 saturated carbocycles. The van der Waals surface area contributed by atoms with E-state index in [0.717, 1.165) is 12.5 Å². The van der Waals surface area contributed by atoms with E-state index in [1.54, 1.807) is 18.2 Å². The van der Waals surface area contributed by atoms with Crippen molar-refractivity contribution in [3.8, 4) is 5.75 Å². The molecular weight excluding hydrogens is 234 g/mol. The summed E-state index contributed by atoms with van der Waals surface area (Å²) >= 11 is 0. The standard InChI is InChI=1S/C13H13NO4/c1-2-5-17-8-3-4-9-10(15)7-12(13(14)16)18-11(9)6-8/h3-4,6-7H,2,5H2,1H3,(H2,14,16). The van der Waals surface area contributed by atoms with Crippen molar-refractivity contribution in [3.63, 3.8) is 0 Å². The van der Waals surface area contributed by atoms with E-state index in [9.17, 15) is 9.59 Å². The Bertz CT molecular complexity index is 645. The van der Waals surface area contributed by atoms with E-state index in [1.165, 1.54) is 0 Å². The second-order valence-corrected chi connectivity index (χ2v) is 3.85. The van der Waals surface area contributed by atoms with E-state index in [0.29, 0.717) is 23.3 Å². The number of nitrogens with two attached hydrogens (primary N) is 1. The third-order valence-electron chi connectivity index (χ3n) is 2.42. The molecule has 1 aromatic heterocycles. The summed E-state index contributed by atoms with van der Waals surface area (Å²) < 4.78 is 10.7. The number of hydrogen-bond acceptors (Lipinski definition) is 4. The second kappa shape index (κ2) is 4.91. The molecule has 0 aliphatic heterocycles. The van der Waals surface area contributed by atoms with Crippen LogP contribution < -0.4 is 15.9 Å². The fraction of sp³-hybridized carbons (Fsp3) is 0.231. The molecular formula is C13H13NO4. The Kier molecular flexibility index (Phi) is 3.32. The quantitative estimate of drug-likeness (QED) is 0.891. The molecule has 1 aromatic carbocycles. The first-order valence-electron chi connectivity index (χ1n) is 5.62. The zero-order valence-corrected chi connectivity index (χ0v) is 9.93. The molecule has 5 nitrogen and oxygen atoms in total. The first-order valence-corrected chi connectivity index (χ1v) is 5.62. The maximum Gasteiger partial charge on any atom is 0.284 e. The molecule has 2 rings (SSSR count). The van der Waals surface area contributed by atoms with E-state index < -0.39 is 5.91 Å². The number of carbonyl (C=O) groups is 1. The van der Waals surface area contributed by atoms with Crippen molar-refractivity contribution in [3.05, 3.63) is 40.2 Å². The van der Waals surface area contributed by atoms with E-state index in [4.69, 9.17) is 14.9 Å². The number of rotatable bonds is 4. The van der Waals surface area contributed by atoms with Crippen LogP contribution in [0.4, 0.5) is 0 Å². The Labute approximate surface area is 103 Å². The lowest BCUT2D eigenvalue weighted by Gasteiger charge is -2.05. The Morgan fingerprint density at radius 2 is 2.17 bits per heavy atom. The predicted molar refractivity (Wildman–Crippen MR) is 66.8 cm³/mol. The molecule has 0 aliphatic carbocycles. The van der Waals surface area contributed by atoms with E-state index in [-0.39, 0.29) is 11.2 Å². The monoisotopic (exact) mass is 247 g/mol. The molecule has 2 N–H and O–H groups in total. The van der Waals surface area contributed by atoms with Gasteiger partial charge in [0.15, 0.2) is 11.2 Å². The van der Waals surface area contributed by atoms with Gasteiger partial charge in [-0.25, -0.2) is 0 Å². The van der Waals surface area contributed by atoms with Crippen LogP contribution in [0.25, 0.3) is 11.0 Å². The molecule has 1 heterocycles. The van der Waals surface area contributed by atoms with Crippen molar-refractivity contribution >= 4 is 16.9 Å². The fourth-order valence-corrected chi connectivity index (χ4v) is 1.57. The van der Waals surface area contributed by atoms with Gasteiger partial charge < -0.3 is 14.9 Å². The summed E-state index contributed by atoms with van der Waals surface area (Å²) in [5.74, 6) is -0.330. The number of fused-ring (bicyclic) bond motifs is 1. The van der Waals surface area contributed by atoms with Gasteiger partial charge in [0.1, 0.15) is 11.3 Å². The van der Waals surface area contributed by atoms with Gasteiger partial charge in [-0.3, -0.25) is 9.59 Å². The van der Waals surface area contributed by atoms with Crippen LogP contribution in [-0.4, -0.2) is 12.5 Å². The Morgan fingerprint density at radius 1 is 1.39 bits per heavy atom. The number of primary amides is 1. The molecule has 1 amide bonds. The van der Waals surface area contributed by atoms with Crippen LogP contribution in [0.3, 0.4) is 0 Å². The topological polar surface area (TPSA) is 82.5 Å². The summed E-state index contributed by atoms with van der Waals surface area (Å²) in [5, 5.41) is 0.392. The van der Waals surface area contributed by atoms with Crippen LogP contribution in [0.5, 0.6) is 5.75 Å². The normalized spacial score (nSPS) is 10.5. The maximum absolute atomic E-state index is 11.7. The molecule has 2 aromatic rings. The van der Waals surface area contributed by atoms with E-state index >= 15 is 0 Å². The number of hydrogen-bond donors (Lipinski definition) is 1. The first kappa shape index (κ1) is 12.2. The van der Waals surface area contributed by atoms with Crippen molar-refractivity contribution in [2.75, 3.05) is 6.61 Å². The number of carbonyl (C=O) groups excluding carboxylic acids is 1. The molecule has 0 aliphatic rings. The van der Waals surface area contributed by atoms with Gasteiger partial charge in [-0.2, -0.15) is 0 Å². The van der Waals surface area contributed by atoms with Gasteiger partial charge in [-0.1, -0.05) is 6.92 Å². The van der Waals surface area contributed by atoms with Crippen molar-refractivity contribution in [1.29, 1.82) is 0 Å². The molecule has 94 valence electrons. The molecule has 0 bridgehead atoms. The lowest BCUT2D eigenvalue weighted by molar-refractivity contribution is 0.0974. The molecule has 0 unspecified atom stereocenters. The zero-order valence-electron chi connectivity index (χ0n) is 9.93. The van der Waals surface area contributed by atoms with Gasteiger partial charge in [0.25, 0.3) is 5.91 Å². The molecule has 0 radical (unpaired) electrons. The third kappa shape index (κ3) is 2.34. The average molecular weight is 247 g/mol. The lowest BCUT2D eigenvalue weighted by Crippen LogP contribution is -2.14. The van der Waals surface area contributed by atoms with Gasteiger partial charge in [-0.05, 0) is 18.6 Å². The van der Waals surface area contributed by atoms with Gasteiger partial charge in [0, 0.05) is 12.1 Å². The summed E-state index contributed by atoms with van der Waals surface area (Å²) in [6.07, 6.45) is 0.878. The molecule has 0 atom stereocenters. The Balaban J connectivity index is 2.53. The lowest BCUT2D eigenvalue weighted by atomic mass is 10.2. The zero-order chi connectivity index (χ0) is 13.1. The van der Waals surface area contributed by atoms with Crippen LogP contribution in [0.1, 0.15) is 23.9 Å². The summed E-state index contributed by atoms with van der Waals surface area (Å²) in [7, 11) is 0. The van der Waals surface area contributed by atoms with Crippen LogP contribution in [0.15, 0.2) is 33.5 Å². The summed E-state index contributed by atoms with van der Waals surface area (Å²) in [6, 6.07) is 5.98. The van der Waals surface area contributed by atoms with Gasteiger partial charge in [0.05, 0.1) is 12.0 Å². The molecule has 5 heteroatoms. The van der Waals surface area contributed by atoms with Gasteiger partial charge >= 0.3 is 0 Å². The number of benzene rings is 1.